The molecule has 22 rings (SSSR count). The number of aryl methyl sites for hydroxylation is 2. The number of benzene rings is 22. The van der Waals surface area contributed by atoms with E-state index in [2.05, 4.69) is 325 Å². The molecule has 22 aromatic rings. The second-order valence-electron chi connectivity index (χ2n) is 28.4. The van der Waals surface area contributed by atoms with E-state index in [4.69, 9.17) is 0 Å². The van der Waals surface area contributed by atoms with Gasteiger partial charge in [-0.3, -0.25) is 0 Å². The Labute approximate surface area is 653 Å². The molecule has 0 saturated carbocycles. The van der Waals surface area contributed by atoms with Gasteiger partial charge in [-0.2, -0.15) is 0 Å². The maximum absolute atomic E-state index is 9.52. The second-order valence-corrected chi connectivity index (χ2v) is 30.1. The van der Waals surface area contributed by atoms with Crippen LogP contribution in [0.15, 0.2) is 373 Å². The maximum atomic E-state index is 9.52. The average Bonchev–Trinajstić information content (AvgIpc) is 0.727. The third kappa shape index (κ3) is 12.8. The zero-order chi connectivity index (χ0) is 74.7. The highest BCUT2D eigenvalue weighted by Gasteiger charge is 2.20. The fraction of sp³-hybridized carbons (Fsp3) is 0.0196. The molecule has 522 valence electrons. The lowest BCUT2D eigenvalue weighted by atomic mass is 9.76. The predicted octanol–water partition coefficient (Wildman–Crippen LogP) is 26.1. The van der Waals surface area contributed by atoms with Crippen molar-refractivity contribution in [3.63, 3.8) is 0 Å². The molecule has 0 aliphatic carbocycles. The fourth-order valence-corrected chi connectivity index (χ4v) is 17.9. The Balaban J connectivity index is 0.0000000989. The monoisotopic (exact) mass is 1540 g/mol. The molecule has 0 saturated heterocycles. The molecule has 0 fully saturated rings. The SMILES string of the molecule is Brc1cccc2c1ccc1cc3ccccc3cc12.Cc1c2ccccc2c(-c2cccc3c2ccc2cc4ccccc4cc23)c2ccccc12.Cc1c2ccccc2c(Br)c2ccccc12.OB(O)c1cccc2c1ccc1cc3ccccc3cc12.OB(O)c1cccc2c1ccc1cc3ccccc3cc12. The van der Waals surface area contributed by atoms with Gasteiger partial charge in [-0.25, -0.2) is 0 Å². The Morgan fingerprint density at radius 2 is 0.445 bits per heavy atom. The van der Waals surface area contributed by atoms with E-state index in [1.165, 1.54) is 156 Å². The second kappa shape index (κ2) is 29.5. The summed E-state index contributed by atoms with van der Waals surface area (Å²) in [5.41, 5.74) is 6.43. The van der Waals surface area contributed by atoms with Gasteiger partial charge in [0, 0.05) is 8.95 Å². The van der Waals surface area contributed by atoms with Gasteiger partial charge in [-0.05, 0) is 290 Å². The zero-order valence-electron chi connectivity index (χ0n) is 60.3. The van der Waals surface area contributed by atoms with E-state index in [0.29, 0.717) is 10.9 Å². The van der Waals surface area contributed by atoms with Gasteiger partial charge in [0.25, 0.3) is 0 Å². The number of rotatable bonds is 3. The minimum atomic E-state index is -1.45. The quantitative estimate of drug-likeness (QED) is 0.0807. The van der Waals surface area contributed by atoms with Gasteiger partial charge < -0.3 is 20.1 Å². The van der Waals surface area contributed by atoms with Crippen molar-refractivity contribution in [2.45, 2.75) is 13.8 Å². The van der Waals surface area contributed by atoms with Crippen LogP contribution in [0.5, 0.6) is 0 Å². The molecule has 0 spiro atoms. The molecule has 0 radical (unpaired) electrons. The molecule has 110 heavy (non-hydrogen) atoms. The third-order valence-electron chi connectivity index (χ3n) is 22.2. The lowest BCUT2D eigenvalue weighted by Gasteiger charge is -2.17. The van der Waals surface area contributed by atoms with Crippen molar-refractivity contribution in [3.05, 3.63) is 384 Å². The van der Waals surface area contributed by atoms with Crippen LogP contribution in [0.1, 0.15) is 11.1 Å². The maximum Gasteiger partial charge on any atom is 0.489 e. The van der Waals surface area contributed by atoms with E-state index >= 15 is 0 Å². The summed E-state index contributed by atoms with van der Waals surface area (Å²) in [6.45, 7) is 4.44. The van der Waals surface area contributed by atoms with Crippen molar-refractivity contribution in [2.24, 2.45) is 0 Å². The predicted molar refractivity (Wildman–Crippen MR) is 482 cm³/mol. The van der Waals surface area contributed by atoms with Gasteiger partial charge in [0.2, 0.25) is 0 Å². The molecule has 0 aliphatic rings. The lowest BCUT2D eigenvalue weighted by molar-refractivity contribution is 0.425. The minimum absolute atomic E-state index is 0.544. The highest BCUT2D eigenvalue weighted by Crippen LogP contribution is 2.44. The molecule has 0 atom stereocenters. The molecule has 8 heteroatoms. The topological polar surface area (TPSA) is 80.9 Å². The molecule has 0 unspecified atom stereocenters. The van der Waals surface area contributed by atoms with Crippen LogP contribution in [0.25, 0.3) is 183 Å². The average molecular weight is 1540 g/mol. The van der Waals surface area contributed by atoms with Crippen molar-refractivity contribution >= 4 is 229 Å². The van der Waals surface area contributed by atoms with Crippen molar-refractivity contribution in [1.29, 1.82) is 0 Å². The summed E-state index contributed by atoms with van der Waals surface area (Å²) in [5, 5.41) is 77.4. The Bertz CT molecular complexity index is 7110. The van der Waals surface area contributed by atoms with E-state index in [1.807, 2.05) is 72.8 Å². The van der Waals surface area contributed by atoms with E-state index in [9.17, 15) is 20.1 Å². The van der Waals surface area contributed by atoms with Crippen LogP contribution in [-0.2, 0) is 0 Å². The van der Waals surface area contributed by atoms with E-state index in [0.717, 1.165) is 47.6 Å². The smallest absolute Gasteiger partial charge is 0.423 e. The first-order valence-electron chi connectivity index (χ1n) is 37.1. The number of hydrogen-bond acceptors (Lipinski definition) is 4. The number of halogens is 2. The third-order valence-corrected chi connectivity index (χ3v) is 23.7. The minimum Gasteiger partial charge on any atom is -0.423 e. The lowest BCUT2D eigenvalue weighted by Crippen LogP contribution is -2.30. The molecule has 0 heterocycles. The largest absolute Gasteiger partial charge is 0.489 e. The summed E-state index contributed by atoms with van der Waals surface area (Å²) in [6, 6.07) is 128. The van der Waals surface area contributed by atoms with Crippen molar-refractivity contribution in [2.75, 3.05) is 0 Å². The van der Waals surface area contributed by atoms with Gasteiger partial charge in [0.1, 0.15) is 0 Å². The van der Waals surface area contributed by atoms with Crippen LogP contribution < -0.4 is 10.9 Å². The van der Waals surface area contributed by atoms with Crippen LogP contribution in [0, 0.1) is 13.8 Å². The molecule has 0 aliphatic heterocycles. The summed E-state index contributed by atoms with van der Waals surface area (Å²) in [5.74, 6) is 0. The molecule has 0 aromatic heterocycles. The van der Waals surface area contributed by atoms with Crippen LogP contribution >= 0.6 is 31.9 Å². The zero-order valence-corrected chi connectivity index (χ0v) is 63.5. The van der Waals surface area contributed by atoms with Gasteiger partial charge in [0.15, 0.2) is 0 Å². The summed E-state index contributed by atoms with van der Waals surface area (Å²) in [7, 11) is -2.90. The van der Waals surface area contributed by atoms with E-state index in [1.54, 1.807) is 12.1 Å². The molecular formula is C102H70B2Br2O4. The van der Waals surface area contributed by atoms with Crippen LogP contribution in [0.2, 0.25) is 0 Å². The van der Waals surface area contributed by atoms with Crippen LogP contribution in [-0.4, -0.2) is 34.3 Å². The molecule has 4 nitrogen and oxygen atoms in total. The van der Waals surface area contributed by atoms with E-state index < -0.39 is 14.2 Å². The first-order chi connectivity index (χ1) is 53.9. The van der Waals surface area contributed by atoms with Crippen LogP contribution in [0.4, 0.5) is 0 Å². The first kappa shape index (κ1) is 69.7. The normalized spacial score (nSPS) is 11.5. The number of fused-ring (bicyclic) bond motifs is 20. The van der Waals surface area contributed by atoms with Gasteiger partial charge in [-0.15, -0.1) is 0 Å². The Kier molecular flexibility index (Phi) is 18.7. The van der Waals surface area contributed by atoms with Crippen LogP contribution in [0.3, 0.4) is 0 Å². The Hall–Kier alpha value is -12.1. The van der Waals surface area contributed by atoms with Gasteiger partial charge in [-0.1, -0.05) is 325 Å². The number of hydrogen-bond donors (Lipinski definition) is 4. The highest BCUT2D eigenvalue weighted by atomic mass is 79.9. The summed E-state index contributed by atoms with van der Waals surface area (Å²) in [6.07, 6.45) is 0. The van der Waals surface area contributed by atoms with Crippen molar-refractivity contribution in [3.8, 4) is 11.1 Å². The summed E-state index contributed by atoms with van der Waals surface area (Å²) >= 11 is 7.35. The molecule has 0 amide bonds. The van der Waals surface area contributed by atoms with Gasteiger partial charge in [0.05, 0.1) is 0 Å². The standard InChI is InChI=1S/C33H22.2C18H13BO2.C18H11Br.C15H11Br/c1-21-25-11-4-6-13-29(25)33(30-14-7-5-12-26(21)30)31-16-8-15-27-28(31)18-17-24-19-22-9-2-3-10-23(22)20-32(24)27;2*20-19(21)18-7-3-6-15-16(18)9-8-14-10-12-4-1-2-5-13(12)11-17(14)15;19-18-7-3-6-15-16(18)9-8-14-10-12-4-1-2-5-13(12)11-17(14)15;1-10-11-6-2-4-8-13(11)15(16)14-9-5-3-7-12(10)14/h2-20H,1H3;2*1-11,20-21H;1-11H;2-9H,1H3. The molecule has 22 aromatic carbocycles. The molecule has 4 N–H and O–H groups in total. The highest BCUT2D eigenvalue weighted by molar-refractivity contribution is 9.11. The Morgan fingerprint density at radius 3 is 0.800 bits per heavy atom. The Morgan fingerprint density at radius 1 is 0.191 bits per heavy atom. The summed E-state index contributed by atoms with van der Waals surface area (Å²) in [4.78, 5) is 0. The molecule has 0 bridgehead atoms. The molecular weight excluding hydrogens is 1470 g/mol. The first-order valence-corrected chi connectivity index (χ1v) is 38.7. The van der Waals surface area contributed by atoms with Gasteiger partial charge >= 0.3 is 14.2 Å². The van der Waals surface area contributed by atoms with Crippen molar-refractivity contribution in [1.82, 2.24) is 0 Å². The van der Waals surface area contributed by atoms with Crippen molar-refractivity contribution < 1.29 is 20.1 Å². The summed E-state index contributed by atoms with van der Waals surface area (Å²) < 4.78 is 2.35. The van der Waals surface area contributed by atoms with E-state index in [-0.39, 0.29) is 0 Å². The fourth-order valence-electron chi connectivity index (χ4n) is 16.7.